The Bertz CT molecular complexity index is 1130. The second-order valence-electron chi connectivity index (χ2n) is 9.12. The zero-order chi connectivity index (χ0) is 24.4. The SMILES string of the molecule is COc1ccc(/C=C2\Sc3ccc(C(=O)N[C@@H]4CCC[C@@H](C)[C@H]4C)cc3N(C)C2=O)cc1OC. The molecule has 2 aromatic rings. The van der Waals surface area contributed by atoms with Gasteiger partial charge in [-0.3, -0.25) is 9.59 Å². The molecule has 1 N–H and O–H groups in total. The molecule has 0 spiro atoms. The summed E-state index contributed by atoms with van der Waals surface area (Å²) in [5.74, 6) is 2.12. The molecule has 4 rings (SSSR count). The maximum absolute atomic E-state index is 13.1. The van der Waals surface area contributed by atoms with Gasteiger partial charge in [0.25, 0.3) is 11.8 Å². The zero-order valence-electron chi connectivity index (χ0n) is 20.4. The number of carbonyl (C=O) groups excluding carboxylic acids is 2. The summed E-state index contributed by atoms with van der Waals surface area (Å²) in [6, 6.07) is 11.3. The molecule has 1 heterocycles. The van der Waals surface area contributed by atoms with Gasteiger partial charge in [0.2, 0.25) is 0 Å². The van der Waals surface area contributed by atoms with Crippen LogP contribution in [0.2, 0.25) is 0 Å². The van der Waals surface area contributed by atoms with Gasteiger partial charge >= 0.3 is 0 Å². The smallest absolute Gasteiger partial charge is 0.264 e. The maximum Gasteiger partial charge on any atom is 0.264 e. The largest absolute Gasteiger partial charge is 0.493 e. The third-order valence-corrected chi connectivity index (χ3v) is 8.12. The number of benzene rings is 2. The van der Waals surface area contributed by atoms with Crippen LogP contribution in [0.3, 0.4) is 0 Å². The summed E-state index contributed by atoms with van der Waals surface area (Å²) >= 11 is 1.41. The van der Waals surface area contributed by atoms with Gasteiger partial charge in [0.1, 0.15) is 0 Å². The van der Waals surface area contributed by atoms with Crippen LogP contribution in [-0.4, -0.2) is 39.1 Å². The molecule has 7 heteroatoms. The van der Waals surface area contributed by atoms with Crippen molar-refractivity contribution in [3.8, 4) is 11.5 Å². The fourth-order valence-electron chi connectivity index (χ4n) is 4.67. The topological polar surface area (TPSA) is 67.9 Å². The van der Waals surface area contributed by atoms with Gasteiger partial charge in [-0.05, 0) is 60.2 Å². The first-order valence-corrected chi connectivity index (χ1v) is 12.5. The third-order valence-electron chi connectivity index (χ3n) is 7.05. The molecule has 180 valence electrons. The number of ether oxygens (including phenoxy) is 2. The average Bonchev–Trinajstić information content (AvgIpc) is 2.84. The van der Waals surface area contributed by atoms with E-state index in [9.17, 15) is 9.59 Å². The first kappa shape index (κ1) is 24.2. The number of fused-ring (bicyclic) bond motifs is 1. The first-order valence-electron chi connectivity index (χ1n) is 11.7. The molecular weight excluding hydrogens is 448 g/mol. The predicted octanol–water partition coefficient (Wildman–Crippen LogP) is 5.37. The van der Waals surface area contributed by atoms with Gasteiger partial charge in [-0.15, -0.1) is 0 Å². The van der Waals surface area contributed by atoms with Crippen LogP contribution in [-0.2, 0) is 4.79 Å². The molecule has 2 aromatic carbocycles. The van der Waals surface area contributed by atoms with Crippen LogP contribution in [0.4, 0.5) is 5.69 Å². The van der Waals surface area contributed by atoms with Crippen LogP contribution in [0.5, 0.6) is 11.5 Å². The number of hydrogen-bond acceptors (Lipinski definition) is 5. The van der Waals surface area contributed by atoms with Crippen LogP contribution in [0, 0.1) is 11.8 Å². The minimum absolute atomic E-state index is 0.0775. The van der Waals surface area contributed by atoms with Gasteiger partial charge in [0.05, 0.1) is 24.8 Å². The molecule has 2 amide bonds. The number of hydrogen-bond donors (Lipinski definition) is 1. The Morgan fingerprint density at radius 2 is 1.85 bits per heavy atom. The highest BCUT2D eigenvalue weighted by Crippen LogP contribution is 2.42. The molecule has 0 bridgehead atoms. The lowest BCUT2D eigenvalue weighted by molar-refractivity contribution is -0.114. The number of nitrogens with zero attached hydrogens (tertiary/aromatic N) is 1. The number of methoxy groups -OCH3 is 2. The van der Waals surface area contributed by atoms with Crippen LogP contribution in [0.15, 0.2) is 46.2 Å². The fraction of sp³-hybridized carbons (Fsp3) is 0.407. The van der Waals surface area contributed by atoms with Crippen molar-refractivity contribution in [2.75, 3.05) is 26.2 Å². The molecule has 3 atom stereocenters. The van der Waals surface area contributed by atoms with Crippen molar-refractivity contribution in [3.63, 3.8) is 0 Å². The van der Waals surface area contributed by atoms with Gasteiger partial charge in [-0.25, -0.2) is 0 Å². The molecule has 1 fully saturated rings. The number of amides is 2. The first-order chi connectivity index (χ1) is 16.3. The molecule has 2 aliphatic rings. The predicted molar refractivity (Wildman–Crippen MR) is 137 cm³/mol. The van der Waals surface area contributed by atoms with E-state index in [4.69, 9.17) is 9.47 Å². The van der Waals surface area contributed by atoms with Crippen molar-refractivity contribution in [2.24, 2.45) is 11.8 Å². The van der Waals surface area contributed by atoms with Gasteiger partial charge in [-0.2, -0.15) is 0 Å². The quantitative estimate of drug-likeness (QED) is 0.583. The summed E-state index contributed by atoms with van der Waals surface area (Å²) in [7, 11) is 4.92. The summed E-state index contributed by atoms with van der Waals surface area (Å²) in [6.45, 7) is 4.48. The molecule has 0 aromatic heterocycles. The molecule has 1 aliphatic heterocycles. The Kier molecular flexibility index (Phi) is 7.22. The lowest BCUT2D eigenvalue weighted by Crippen LogP contribution is -2.43. The average molecular weight is 481 g/mol. The van der Waals surface area contributed by atoms with E-state index in [1.54, 1.807) is 26.2 Å². The van der Waals surface area contributed by atoms with E-state index in [-0.39, 0.29) is 17.9 Å². The van der Waals surface area contributed by atoms with E-state index in [0.717, 1.165) is 29.0 Å². The number of rotatable bonds is 5. The molecular formula is C27H32N2O4S. The summed E-state index contributed by atoms with van der Waals surface area (Å²) in [5, 5.41) is 3.23. The van der Waals surface area contributed by atoms with E-state index in [1.165, 1.54) is 18.2 Å². The van der Waals surface area contributed by atoms with Crippen molar-refractivity contribution in [3.05, 3.63) is 52.4 Å². The minimum atomic E-state index is -0.112. The highest BCUT2D eigenvalue weighted by Gasteiger charge is 2.30. The number of likely N-dealkylation sites (N-methyl/N-ethyl adjacent to an activating group) is 1. The van der Waals surface area contributed by atoms with E-state index in [2.05, 4.69) is 19.2 Å². The standard InChI is InChI=1S/C27H32N2O4S/c1-16-7-6-8-20(17(16)2)28-26(30)19-10-12-24-21(15-19)29(3)27(31)25(34-24)14-18-9-11-22(32-4)23(13-18)33-5/h9-17,20H,6-8H2,1-5H3,(H,28,30)/b25-14-/t16-,17-,20-/m1/s1. The Morgan fingerprint density at radius 3 is 2.59 bits per heavy atom. The molecule has 0 saturated heterocycles. The minimum Gasteiger partial charge on any atom is -0.493 e. The normalized spacial score (nSPS) is 23.4. The van der Waals surface area contributed by atoms with Crippen LogP contribution in [0.1, 0.15) is 49.0 Å². The van der Waals surface area contributed by atoms with Crippen molar-refractivity contribution in [2.45, 2.75) is 44.0 Å². The zero-order valence-corrected chi connectivity index (χ0v) is 21.2. The van der Waals surface area contributed by atoms with Gasteiger partial charge < -0.3 is 19.7 Å². The molecule has 34 heavy (non-hydrogen) atoms. The number of thioether (sulfide) groups is 1. The van der Waals surface area contributed by atoms with E-state index >= 15 is 0 Å². The van der Waals surface area contributed by atoms with Gasteiger partial charge in [0.15, 0.2) is 11.5 Å². The van der Waals surface area contributed by atoms with Crippen molar-refractivity contribution >= 4 is 35.3 Å². The van der Waals surface area contributed by atoms with Gasteiger partial charge in [-0.1, -0.05) is 44.5 Å². The maximum atomic E-state index is 13.1. The third kappa shape index (κ3) is 4.80. The van der Waals surface area contributed by atoms with Crippen LogP contribution < -0.4 is 19.7 Å². The lowest BCUT2D eigenvalue weighted by atomic mass is 9.78. The second kappa shape index (κ2) is 10.1. The number of nitrogens with one attached hydrogen (secondary N) is 1. The highest BCUT2D eigenvalue weighted by molar-refractivity contribution is 8.04. The molecule has 1 saturated carbocycles. The number of anilines is 1. The summed E-state index contributed by atoms with van der Waals surface area (Å²) in [5.41, 5.74) is 2.17. The fourth-order valence-corrected chi connectivity index (χ4v) is 5.76. The van der Waals surface area contributed by atoms with Crippen molar-refractivity contribution in [1.29, 1.82) is 0 Å². The monoisotopic (exact) mass is 480 g/mol. The Balaban J connectivity index is 1.55. The second-order valence-corrected chi connectivity index (χ2v) is 10.2. The van der Waals surface area contributed by atoms with Crippen LogP contribution in [0.25, 0.3) is 6.08 Å². The summed E-state index contributed by atoms with van der Waals surface area (Å²) in [4.78, 5) is 29.3. The Labute approximate surface area is 205 Å². The molecule has 0 unspecified atom stereocenters. The Hall–Kier alpha value is -2.93. The van der Waals surface area contributed by atoms with E-state index in [0.29, 0.717) is 33.8 Å². The summed E-state index contributed by atoms with van der Waals surface area (Å²) < 4.78 is 10.7. The molecule has 6 nitrogen and oxygen atoms in total. The number of carbonyl (C=O) groups is 2. The van der Waals surface area contributed by atoms with E-state index < -0.39 is 0 Å². The van der Waals surface area contributed by atoms with Crippen LogP contribution >= 0.6 is 11.8 Å². The van der Waals surface area contributed by atoms with Gasteiger partial charge in [0, 0.05) is 23.5 Å². The molecule has 1 aliphatic carbocycles. The Morgan fingerprint density at radius 1 is 1.09 bits per heavy atom. The molecule has 0 radical (unpaired) electrons. The van der Waals surface area contributed by atoms with Crippen molar-refractivity contribution in [1.82, 2.24) is 5.32 Å². The lowest BCUT2D eigenvalue weighted by Gasteiger charge is -2.34. The van der Waals surface area contributed by atoms with E-state index in [1.807, 2.05) is 42.5 Å². The highest BCUT2D eigenvalue weighted by atomic mass is 32.2. The van der Waals surface area contributed by atoms with Crippen molar-refractivity contribution < 1.29 is 19.1 Å². The summed E-state index contributed by atoms with van der Waals surface area (Å²) in [6.07, 6.45) is 5.22.